The summed E-state index contributed by atoms with van der Waals surface area (Å²) >= 11 is 0. The van der Waals surface area contributed by atoms with Gasteiger partial charge in [-0.3, -0.25) is 13.8 Å². The van der Waals surface area contributed by atoms with Crippen molar-refractivity contribution < 1.29 is 57.3 Å². The lowest BCUT2D eigenvalue weighted by Crippen LogP contribution is -2.43. The molecular formula is C46H85NO11P+. The van der Waals surface area contributed by atoms with Crippen LogP contribution in [0.2, 0.25) is 0 Å². The van der Waals surface area contributed by atoms with Gasteiger partial charge in [-0.15, -0.1) is 0 Å². The molecule has 59 heavy (non-hydrogen) atoms. The minimum absolute atomic E-state index is 0.0431. The smallest absolute Gasteiger partial charge is 0.472 e. The van der Waals surface area contributed by atoms with Crippen molar-refractivity contribution in [2.24, 2.45) is 5.92 Å². The summed E-state index contributed by atoms with van der Waals surface area (Å²) in [5.41, 5.74) is 0. The molecule has 1 heterocycles. The van der Waals surface area contributed by atoms with Gasteiger partial charge < -0.3 is 38.9 Å². The van der Waals surface area contributed by atoms with Gasteiger partial charge in [-0.1, -0.05) is 115 Å². The van der Waals surface area contributed by atoms with E-state index in [2.05, 4.69) is 26.0 Å². The maximum atomic E-state index is 12.6. The van der Waals surface area contributed by atoms with Crippen molar-refractivity contribution in [1.82, 2.24) is 0 Å². The summed E-state index contributed by atoms with van der Waals surface area (Å²) in [6.45, 7) is 4.46. The molecule has 0 bridgehead atoms. The fourth-order valence-electron chi connectivity index (χ4n) is 6.51. The van der Waals surface area contributed by atoms with Crippen LogP contribution in [0, 0.1) is 5.92 Å². The molecule has 13 heteroatoms. The highest BCUT2D eigenvalue weighted by atomic mass is 31.2. The van der Waals surface area contributed by atoms with E-state index in [0.717, 1.165) is 38.5 Å². The number of likely N-dealkylation sites (N-methyl/N-ethyl adjacent to an activating group) is 1. The number of aliphatic hydroxyl groups is 3. The molecule has 0 saturated carbocycles. The van der Waals surface area contributed by atoms with Crippen molar-refractivity contribution in [3.63, 3.8) is 0 Å². The fourth-order valence-corrected chi connectivity index (χ4v) is 7.25. The highest BCUT2D eigenvalue weighted by Gasteiger charge is 2.35. The summed E-state index contributed by atoms with van der Waals surface area (Å²) in [5, 5.41) is 31.0. The minimum Gasteiger partial charge on any atom is -0.492 e. The largest absolute Gasteiger partial charge is 0.492 e. The number of nitrogens with zero attached hydrogens (tertiary/aromatic N) is 1. The predicted molar refractivity (Wildman–Crippen MR) is 236 cm³/mol. The maximum Gasteiger partial charge on any atom is 0.472 e. The normalized spacial score (nSPS) is 21.2. The standard InChI is InChI=1S/C46H84NO11P/c1-6-8-10-11-12-13-14-15-16-17-18-19-20-21-24-28-35-54-41(39-57-59(52,53)56-36-34-47(3,4)5)38-55-45(50)31-27-23-22-26-30-42-43(49)37-46(51)58-44(42)33-32-40(48)29-25-9-7-2/h13-14,22,26,28,32-33,35,40-44,46,48-49,51H,6-12,15-21,23-25,27,29-31,34,36-39H2,1-5H3/p+1/b14-13-,26-22-,33-32+,35-28+/t40-,41+,42-,43-,44+,46?/m0/s1. The van der Waals surface area contributed by atoms with Gasteiger partial charge in [-0.2, -0.15) is 0 Å². The van der Waals surface area contributed by atoms with Gasteiger partial charge in [0.2, 0.25) is 0 Å². The monoisotopic (exact) mass is 859 g/mol. The van der Waals surface area contributed by atoms with Crippen LogP contribution in [0.4, 0.5) is 0 Å². The number of rotatable bonds is 37. The van der Waals surface area contributed by atoms with E-state index in [-0.39, 0.29) is 38.6 Å². The summed E-state index contributed by atoms with van der Waals surface area (Å²) in [5.74, 6) is -0.699. The van der Waals surface area contributed by atoms with Crippen LogP contribution in [0.3, 0.4) is 0 Å². The molecule has 344 valence electrons. The van der Waals surface area contributed by atoms with E-state index in [0.29, 0.717) is 36.7 Å². The molecule has 1 rings (SSSR count). The van der Waals surface area contributed by atoms with Crippen molar-refractivity contribution >= 4 is 13.8 Å². The molecule has 12 nitrogen and oxygen atoms in total. The lowest BCUT2D eigenvalue weighted by atomic mass is 9.87. The fraction of sp³-hybridized carbons (Fsp3) is 0.804. The molecule has 0 aliphatic carbocycles. The van der Waals surface area contributed by atoms with Crippen LogP contribution in [0.1, 0.15) is 155 Å². The van der Waals surface area contributed by atoms with E-state index in [1.807, 2.05) is 39.4 Å². The van der Waals surface area contributed by atoms with E-state index in [9.17, 15) is 29.6 Å². The first-order valence-electron chi connectivity index (χ1n) is 22.8. The Balaban J connectivity index is 2.50. The number of allylic oxidation sites excluding steroid dienone is 5. The van der Waals surface area contributed by atoms with Crippen LogP contribution in [-0.4, -0.2) is 109 Å². The van der Waals surface area contributed by atoms with Crippen LogP contribution >= 0.6 is 7.82 Å². The number of phosphoric ester groups is 1. The quantitative estimate of drug-likeness (QED) is 0.0118. The van der Waals surface area contributed by atoms with E-state index in [1.54, 1.807) is 18.4 Å². The SMILES string of the molecule is CCCCCC/C=C\CCCCCCCC/C=C/O[C@H](COC(=O)CCC/C=C\C[C@H]1[C@@H](O)CC(O)O[C@@H]1/C=C/[C@@H](O)CCCCC)COP(=O)(O)OCC[N+](C)(C)C. The molecule has 7 atom stereocenters. The average Bonchev–Trinajstić information content (AvgIpc) is 3.17. The summed E-state index contributed by atoms with van der Waals surface area (Å²) < 4.78 is 40.4. The molecule has 0 aromatic rings. The molecular weight excluding hydrogens is 773 g/mol. The number of carbonyl (C=O) groups is 1. The average molecular weight is 859 g/mol. The van der Waals surface area contributed by atoms with E-state index in [1.165, 1.54) is 64.2 Å². The van der Waals surface area contributed by atoms with Crippen LogP contribution in [-0.2, 0) is 32.6 Å². The Bertz CT molecular complexity index is 1200. The van der Waals surface area contributed by atoms with Crippen molar-refractivity contribution in [3.05, 3.63) is 48.8 Å². The number of hydrogen-bond donors (Lipinski definition) is 4. The number of hydrogen-bond acceptors (Lipinski definition) is 10. The molecule has 1 aliphatic heterocycles. The van der Waals surface area contributed by atoms with Crippen molar-refractivity contribution in [2.75, 3.05) is 47.5 Å². The van der Waals surface area contributed by atoms with Crippen molar-refractivity contribution in [3.8, 4) is 0 Å². The van der Waals surface area contributed by atoms with Gasteiger partial charge in [0.05, 0.1) is 52.3 Å². The highest BCUT2D eigenvalue weighted by molar-refractivity contribution is 7.47. The third-order valence-corrected chi connectivity index (χ3v) is 11.2. The molecule has 2 unspecified atom stereocenters. The van der Waals surface area contributed by atoms with E-state index >= 15 is 0 Å². The van der Waals surface area contributed by atoms with E-state index < -0.39 is 44.5 Å². The van der Waals surface area contributed by atoms with Gasteiger partial charge in [-0.05, 0) is 70.3 Å². The summed E-state index contributed by atoms with van der Waals surface area (Å²) in [7, 11) is 1.52. The first-order chi connectivity index (χ1) is 28.3. The Morgan fingerprint density at radius 3 is 2.05 bits per heavy atom. The summed E-state index contributed by atoms with van der Waals surface area (Å²) in [6.07, 6.45) is 32.9. The lowest BCUT2D eigenvalue weighted by molar-refractivity contribution is -0.870. The molecule has 0 aromatic heterocycles. The maximum absolute atomic E-state index is 12.6. The number of unbranched alkanes of at least 4 members (excludes halogenated alkanes) is 14. The van der Waals surface area contributed by atoms with Crippen LogP contribution in [0.25, 0.3) is 0 Å². The number of phosphoric acid groups is 1. The van der Waals surface area contributed by atoms with Crippen LogP contribution in [0.5, 0.6) is 0 Å². The Morgan fingerprint density at radius 2 is 1.39 bits per heavy atom. The van der Waals surface area contributed by atoms with Crippen molar-refractivity contribution in [2.45, 2.75) is 186 Å². The zero-order valence-corrected chi connectivity index (χ0v) is 38.4. The number of ether oxygens (including phenoxy) is 3. The zero-order valence-electron chi connectivity index (χ0n) is 37.5. The van der Waals surface area contributed by atoms with Gasteiger partial charge in [0.25, 0.3) is 0 Å². The Morgan fingerprint density at radius 1 is 0.797 bits per heavy atom. The van der Waals surface area contributed by atoms with E-state index in [4.69, 9.17) is 23.3 Å². The number of quaternary nitrogens is 1. The molecule has 0 aromatic carbocycles. The first kappa shape index (κ1) is 55.2. The Kier molecular flexibility index (Phi) is 32.4. The zero-order chi connectivity index (χ0) is 43.6. The molecule has 0 amide bonds. The third kappa shape index (κ3) is 32.5. The molecule has 1 aliphatic rings. The number of esters is 1. The molecule has 1 saturated heterocycles. The second kappa shape index (κ2) is 34.7. The molecule has 1 fully saturated rings. The third-order valence-electron chi connectivity index (χ3n) is 10.2. The van der Waals surface area contributed by atoms with Crippen LogP contribution in [0.15, 0.2) is 48.8 Å². The lowest BCUT2D eigenvalue weighted by Gasteiger charge is -2.36. The summed E-state index contributed by atoms with van der Waals surface area (Å²) in [6, 6.07) is 0. The second-order valence-electron chi connectivity index (χ2n) is 17.0. The highest BCUT2D eigenvalue weighted by Crippen LogP contribution is 2.43. The summed E-state index contributed by atoms with van der Waals surface area (Å²) in [4.78, 5) is 22.8. The predicted octanol–water partition coefficient (Wildman–Crippen LogP) is 9.61. The Hall–Kier alpha value is -1.86. The Labute approximate surface area is 358 Å². The first-order valence-corrected chi connectivity index (χ1v) is 24.3. The topological polar surface area (TPSA) is 161 Å². The van der Waals surface area contributed by atoms with Gasteiger partial charge in [0.1, 0.15) is 19.8 Å². The van der Waals surface area contributed by atoms with Gasteiger partial charge >= 0.3 is 13.8 Å². The van der Waals surface area contributed by atoms with Gasteiger partial charge in [0, 0.05) is 18.8 Å². The van der Waals surface area contributed by atoms with Gasteiger partial charge in [-0.25, -0.2) is 4.57 Å². The molecule has 0 spiro atoms. The molecule has 4 N–H and O–H groups in total. The number of carbonyl (C=O) groups excluding carboxylic acids is 1. The molecule has 0 radical (unpaired) electrons. The number of aliphatic hydroxyl groups excluding tert-OH is 3. The van der Waals surface area contributed by atoms with Gasteiger partial charge in [0.15, 0.2) is 12.4 Å². The van der Waals surface area contributed by atoms with Crippen LogP contribution < -0.4 is 0 Å². The van der Waals surface area contributed by atoms with Crippen molar-refractivity contribution in [1.29, 1.82) is 0 Å². The second-order valence-corrected chi connectivity index (χ2v) is 18.5. The minimum atomic E-state index is -4.34.